The number of carbonyl (C=O) groups is 1. The van der Waals surface area contributed by atoms with E-state index >= 15 is 0 Å². The molecule has 3 N–H and O–H groups in total. The first-order valence-electron chi connectivity index (χ1n) is 12.0. The zero-order chi connectivity index (χ0) is 26.3. The number of rotatable bonds is 6. The zero-order valence-corrected chi connectivity index (χ0v) is 20.9. The minimum Gasteiger partial charge on any atom is -0.478 e. The van der Waals surface area contributed by atoms with Gasteiger partial charge < -0.3 is 20.1 Å². The van der Waals surface area contributed by atoms with Gasteiger partial charge in [0.05, 0.1) is 35.7 Å². The molecule has 1 fully saturated rings. The van der Waals surface area contributed by atoms with E-state index in [1.807, 2.05) is 36.5 Å². The highest BCUT2D eigenvalue weighted by atomic mass is 32.2. The molecule has 3 aromatic heterocycles. The summed E-state index contributed by atoms with van der Waals surface area (Å²) in [7, 11) is -3.97. The number of anilines is 2. The molecule has 2 aromatic carbocycles. The lowest BCUT2D eigenvalue weighted by atomic mass is 10.0. The number of para-hydroxylation sites is 1. The number of hydrogen-bond donors (Lipinski definition) is 3. The van der Waals surface area contributed by atoms with Crippen LogP contribution in [0.4, 0.5) is 11.4 Å². The Bertz CT molecular complexity index is 1790. The number of aromatic nitrogens is 3. The topological polar surface area (TPSA) is 138 Å². The van der Waals surface area contributed by atoms with Crippen LogP contribution in [0.25, 0.3) is 33.1 Å². The number of pyridine rings is 2. The van der Waals surface area contributed by atoms with Crippen LogP contribution in [0, 0.1) is 0 Å². The van der Waals surface area contributed by atoms with Crippen LogP contribution < -0.4 is 5.32 Å². The fraction of sp³-hybridized carbons (Fsp3) is 0.148. The van der Waals surface area contributed by atoms with Crippen LogP contribution in [0.2, 0.25) is 0 Å². The van der Waals surface area contributed by atoms with Gasteiger partial charge in [0.15, 0.2) is 0 Å². The van der Waals surface area contributed by atoms with Crippen molar-refractivity contribution in [2.75, 3.05) is 31.6 Å². The quantitative estimate of drug-likeness (QED) is 0.297. The van der Waals surface area contributed by atoms with E-state index < -0.39 is 16.0 Å². The van der Waals surface area contributed by atoms with Crippen molar-refractivity contribution in [3.63, 3.8) is 0 Å². The van der Waals surface area contributed by atoms with Gasteiger partial charge in [0.1, 0.15) is 10.5 Å². The summed E-state index contributed by atoms with van der Waals surface area (Å²) in [6, 6.07) is 15.8. The third-order valence-electron chi connectivity index (χ3n) is 6.61. The minimum atomic E-state index is -3.97. The number of carboxylic acid groups (broad SMARTS) is 1. The molecule has 11 heteroatoms. The van der Waals surface area contributed by atoms with Crippen LogP contribution in [0.5, 0.6) is 0 Å². The van der Waals surface area contributed by atoms with Gasteiger partial charge in [-0.15, -0.1) is 0 Å². The Morgan fingerprint density at radius 1 is 1.03 bits per heavy atom. The summed E-state index contributed by atoms with van der Waals surface area (Å²) in [6.45, 7) is 1.02. The van der Waals surface area contributed by atoms with Gasteiger partial charge in [0.25, 0.3) is 0 Å². The second-order valence-corrected chi connectivity index (χ2v) is 10.7. The molecule has 38 heavy (non-hydrogen) atoms. The number of H-pyrrole nitrogens is 1. The van der Waals surface area contributed by atoms with Crippen molar-refractivity contribution in [2.24, 2.45) is 0 Å². The number of carboxylic acids is 1. The number of sulfonamides is 1. The average molecular weight is 530 g/mol. The van der Waals surface area contributed by atoms with E-state index in [0.717, 1.165) is 22.2 Å². The van der Waals surface area contributed by atoms with Gasteiger partial charge in [-0.2, -0.15) is 4.31 Å². The molecule has 1 saturated heterocycles. The van der Waals surface area contributed by atoms with Crippen LogP contribution in [0.1, 0.15) is 10.4 Å². The van der Waals surface area contributed by atoms with Crippen LogP contribution in [0.3, 0.4) is 0 Å². The van der Waals surface area contributed by atoms with E-state index in [-0.39, 0.29) is 34.9 Å². The van der Waals surface area contributed by atoms with Gasteiger partial charge in [-0.1, -0.05) is 18.2 Å². The van der Waals surface area contributed by atoms with E-state index in [1.165, 1.54) is 16.6 Å². The minimum absolute atomic E-state index is 0.0199. The summed E-state index contributed by atoms with van der Waals surface area (Å²) in [5, 5.41) is 14.4. The maximum atomic E-state index is 13.8. The number of aromatic carboxylic acids is 1. The number of fused-ring (bicyclic) bond motifs is 2. The van der Waals surface area contributed by atoms with Crippen molar-refractivity contribution in [1.29, 1.82) is 0 Å². The third kappa shape index (κ3) is 4.16. The molecule has 0 saturated carbocycles. The third-order valence-corrected chi connectivity index (χ3v) is 8.52. The van der Waals surface area contributed by atoms with Crippen molar-refractivity contribution in [1.82, 2.24) is 19.3 Å². The maximum Gasteiger partial charge on any atom is 0.337 e. The molecule has 0 radical (unpaired) electrons. The first-order chi connectivity index (χ1) is 18.4. The van der Waals surface area contributed by atoms with Crippen molar-refractivity contribution in [3.8, 4) is 11.1 Å². The summed E-state index contributed by atoms with van der Waals surface area (Å²) < 4.78 is 34.4. The largest absolute Gasteiger partial charge is 0.478 e. The molecule has 0 spiro atoms. The molecule has 5 aromatic rings. The van der Waals surface area contributed by atoms with Gasteiger partial charge >= 0.3 is 5.97 Å². The summed E-state index contributed by atoms with van der Waals surface area (Å²) in [5.41, 5.74) is 3.59. The summed E-state index contributed by atoms with van der Waals surface area (Å²) in [4.78, 5) is 23.8. The Kier molecular flexibility index (Phi) is 6.03. The summed E-state index contributed by atoms with van der Waals surface area (Å²) >= 11 is 0. The van der Waals surface area contributed by atoms with Gasteiger partial charge in [-0.3, -0.25) is 4.98 Å². The second kappa shape index (κ2) is 9.53. The van der Waals surface area contributed by atoms with E-state index in [0.29, 0.717) is 24.1 Å². The Morgan fingerprint density at radius 2 is 1.84 bits per heavy atom. The predicted octanol–water partition coefficient (Wildman–Crippen LogP) is 4.24. The first-order valence-corrected chi connectivity index (χ1v) is 13.4. The first kappa shape index (κ1) is 24.0. The molecule has 6 rings (SSSR count). The molecule has 10 nitrogen and oxygen atoms in total. The molecule has 0 bridgehead atoms. The summed E-state index contributed by atoms with van der Waals surface area (Å²) in [5.74, 6) is -1.13. The standard InChI is InChI=1S/C27H23N5O5S/c33-27(34)20-3-1-2-4-23(20)31-25-21-15-17(18-7-9-28-26-19(18)8-10-29-26)5-6-22(21)30-16-24(25)38(35,36)32-11-13-37-14-12-32/h1-10,15-16H,11-14H2,(H,28,29)(H,30,31)(H,33,34). The maximum absolute atomic E-state index is 13.8. The second-order valence-electron chi connectivity index (χ2n) is 8.82. The molecule has 0 unspecified atom stereocenters. The molecule has 1 aliphatic heterocycles. The number of morpholine rings is 1. The Hall–Kier alpha value is -4.32. The van der Waals surface area contributed by atoms with E-state index in [4.69, 9.17) is 4.74 Å². The number of nitrogens with one attached hydrogen (secondary N) is 2. The molecular weight excluding hydrogens is 506 g/mol. The highest BCUT2D eigenvalue weighted by Gasteiger charge is 2.30. The van der Waals surface area contributed by atoms with E-state index in [1.54, 1.807) is 24.4 Å². The Labute approximate surface area is 218 Å². The molecule has 0 atom stereocenters. The SMILES string of the molecule is O=C(O)c1ccccc1Nc1c(S(=O)(=O)N2CCOCC2)cnc2ccc(-c3ccnc4[nH]ccc34)cc12. The van der Waals surface area contributed by atoms with Gasteiger partial charge in [-0.05, 0) is 47.5 Å². The van der Waals surface area contributed by atoms with E-state index in [9.17, 15) is 18.3 Å². The van der Waals surface area contributed by atoms with Crippen LogP contribution in [-0.4, -0.2) is 65.1 Å². The average Bonchev–Trinajstić information content (AvgIpc) is 3.43. The molecule has 192 valence electrons. The lowest BCUT2D eigenvalue weighted by Crippen LogP contribution is -2.40. The highest BCUT2D eigenvalue weighted by molar-refractivity contribution is 7.89. The molecular formula is C27H23N5O5S. The monoisotopic (exact) mass is 529 g/mol. The van der Waals surface area contributed by atoms with Crippen LogP contribution in [0.15, 0.2) is 78.1 Å². The number of ether oxygens (including phenoxy) is 1. The lowest BCUT2D eigenvalue weighted by molar-refractivity contribution is 0.0698. The van der Waals surface area contributed by atoms with Gasteiger partial charge in [-0.25, -0.2) is 18.2 Å². The Morgan fingerprint density at radius 3 is 2.66 bits per heavy atom. The molecule has 0 aliphatic carbocycles. The van der Waals surface area contributed by atoms with E-state index in [2.05, 4.69) is 20.3 Å². The highest BCUT2D eigenvalue weighted by Crippen LogP contribution is 2.37. The van der Waals surface area contributed by atoms with Crippen LogP contribution >= 0.6 is 0 Å². The van der Waals surface area contributed by atoms with Gasteiger partial charge in [0, 0.05) is 42.5 Å². The fourth-order valence-electron chi connectivity index (χ4n) is 4.72. The normalized spacial score (nSPS) is 14.6. The number of benzene rings is 2. The fourth-order valence-corrected chi connectivity index (χ4v) is 6.23. The van der Waals surface area contributed by atoms with Crippen molar-refractivity contribution < 1.29 is 23.1 Å². The molecule has 4 heterocycles. The smallest absolute Gasteiger partial charge is 0.337 e. The number of aromatic amines is 1. The lowest BCUT2D eigenvalue weighted by Gasteiger charge is -2.27. The number of nitrogens with zero attached hydrogens (tertiary/aromatic N) is 3. The van der Waals surface area contributed by atoms with Gasteiger partial charge in [0.2, 0.25) is 10.0 Å². The molecule has 0 amide bonds. The Balaban J connectivity index is 1.59. The predicted molar refractivity (Wildman–Crippen MR) is 143 cm³/mol. The van der Waals surface area contributed by atoms with Crippen molar-refractivity contribution in [3.05, 3.63) is 78.8 Å². The van der Waals surface area contributed by atoms with Crippen molar-refractivity contribution >= 4 is 49.3 Å². The zero-order valence-electron chi connectivity index (χ0n) is 20.1. The number of hydrogen-bond acceptors (Lipinski definition) is 7. The van der Waals surface area contributed by atoms with Crippen molar-refractivity contribution in [2.45, 2.75) is 4.90 Å². The summed E-state index contributed by atoms with van der Waals surface area (Å²) in [6.07, 6.45) is 4.85. The molecule has 1 aliphatic rings. The van der Waals surface area contributed by atoms with Crippen LogP contribution in [-0.2, 0) is 14.8 Å².